The van der Waals surface area contributed by atoms with Gasteiger partial charge in [0, 0.05) is 45.8 Å². The van der Waals surface area contributed by atoms with Gasteiger partial charge in [-0.25, -0.2) is 0 Å². The average molecular weight is 247 g/mol. The van der Waals surface area contributed by atoms with Gasteiger partial charge in [0.05, 0.1) is 6.61 Å². The van der Waals surface area contributed by atoms with Crippen molar-refractivity contribution in [3.05, 3.63) is 0 Å². The molecule has 0 rings (SSSR count). The normalized spacial score (nSPS) is 11.6. The molecule has 0 saturated carbocycles. The quantitative estimate of drug-likeness (QED) is 0.313. The molecule has 0 aliphatic heterocycles. The Morgan fingerprint density at radius 3 is 1.41 bits per heavy atom. The molecular formula is C11H29N5O. The number of rotatable bonds is 12. The Morgan fingerprint density at radius 1 is 0.647 bits per heavy atom. The second-order valence-corrected chi connectivity index (χ2v) is 4.13. The van der Waals surface area contributed by atoms with Crippen LogP contribution in [0.4, 0.5) is 0 Å². The van der Waals surface area contributed by atoms with E-state index in [0.717, 1.165) is 39.1 Å². The number of nitrogens with two attached hydrogens (primary N) is 3. The summed E-state index contributed by atoms with van der Waals surface area (Å²) in [5.41, 5.74) is 16.6. The molecule has 0 amide bonds. The minimum Gasteiger partial charge on any atom is -0.395 e. The van der Waals surface area contributed by atoms with Crippen LogP contribution in [-0.2, 0) is 0 Å². The third-order valence-electron chi connectivity index (χ3n) is 2.70. The minimum absolute atomic E-state index is 0.190. The van der Waals surface area contributed by atoms with Crippen molar-refractivity contribution in [1.82, 2.24) is 9.80 Å². The van der Waals surface area contributed by atoms with Crippen molar-refractivity contribution in [2.45, 2.75) is 6.42 Å². The van der Waals surface area contributed by atoms with Crippen LogP contribution >= 0.6 is 0 Å². The molecule has 6 heteroatoms. The molecule has 17 heavy (non-hydrogen) atoms. The first kappa shape index (κ1) is 16.8. The minimum atomic E-state index is 0.190. The molecule has 0 aromatic heterocycles. The molecule has 0 heterocycles. The molecule has 6 nitrogen and oxygen atoms in total. The van der Waals surface area contributed by atoms with Crippen LogP contribution in [0.3, 0.4) is 0 Å². The molecule has 0 atom stereocenters. The van der Waals surface area contributed by atoms with E-state index in [0.29, 0.717) is 26.2 Å². The fourth-order valence-corrected chi connectivity index (χ4v) is 1.88. The molecule has 0 aromatic carbocycles. The lowest BCUT2D eigenvalue weighted by atomic mass is 10.3. The number of nitrogens with zero attached hydrogens (tertiary/aromatic N) is 2. The van der Waals surface area contributed by atoms with Crippen LogP contribution in [0.5, 0.6) is 0 Å². The Hall–Kier alpha value is -0.240. The van der Waals surface area contributed by atoms with Gasteiger partial charge in [-0.05, 0) is 19.5 Å². The maximum atomic E-state index is 8.91. The topological polar surface area (TPSA) is 105 Å². The summed E-state index contributed by atoms with van der Waals surface area (Å²) >= 11 is 0. The third-order valence-corrected chi connectivity index (χ3v) is 2.70. The van der Waals surface area contributed by atoms with Crippen molar-refractivity contribution in [2.24, 2.45) is 17.2 Å². The Labute approximate surface area is 105 Å². The van der Waals surface area contributed by atoms with E-state index < -0.39 is 0 Å². The molecule has 0 unspecified atom stereocenters. The summed E-state index contributed by atoms with van der Waals surface area (Å²) in [5, 5.41) is 8.91. The zero-order valence-electron chi connectivity index (χ0n) is 10.9. The van der Waals surface area contributed by atoms with Gasteiger partial charge < -0.3 is 27.2 Å². The predicted molar refractivity (Wildman–Crippen MR) is 71.7 cm³/mol. The molecule has 7 N–H and O–H groups in total. The van der Waals surface area contributed by atoms with E-state index in [-0.39, 0.29) is 6.61 Å². The van der Waals surface area contributed by atoms with Gasteiger partial charge >= 0.3 is 0 Å². The summed E-state index contributed by atoms with van der Waals surface area (Å²) in [6, 6.07) is 0. The Kier molecular flexibility index (Phi) is 12.1. The lowest BCUT2D eigenvalue weighted by Gasteiger charge is -2.24. The molecule has 0 bridgehead atoms. The second-order valence-electron chi connectivity index (χ2n) is 4.13. The van der Waals surface area contributed by atoms with Crippen molar-refractivity contribution in [1.29, 1.82) is 0 Å². The predicted octanol–water partition coefficient (Wildman–Crippen LogP) is -2.15. The standard InChI is InChI=1S/C11H29N5O/c12-2-7-15(8-3-13)5-1-6-16(9-4-14)10-11-17/h17H,1-14H2. The van der Waals surface area contributed by atoms with E-state index in [9.17, 15) is 0 Å². The van der Waals surface area contributed by atoms with Crippen molar-refractivity contribution in [3.8, 4) is 0 Å². The summed E-state index contributed by atoms with van der Waals surface area (Å²) in [4.78, 5) is 4.46. The highest BCUT2D eigenvalue weighted by molar-refractivity contribution is 4.63. The third kappa shape index (κ3) is 9.46. The summed E-state index contributed by atoms with van der Waals surface area (Å²) < 4.78 is 0. The number of hydrogen-bond donors (Lipinski definition) is 4. The summed E-state index contributed by atoms with van der Waals surface area (Å²) in [6.45, 7) is 7.46. The maximum absolute atomic E-state index is 8.91. The van der Waals surface area contributed by atoms with Gasteiger partial charge in [0.25, 0.3) is 0 Å². The van der Waals surface area contributed by atoms with Crippen molar-refractivity contribution >= 4 is 0 Å². The fraction of sp³-hybridized carbons (Fsp3) is 1.00. The lowest BCUT2D eigenvalue weighted by Crippen LogP contribution is -2.38. The number of aliphatic hydroxyl groups excluding tert-OH is 1. The first-order valence-corrected chi connectivity index (χ1v) is 6.44. The Balaban J connectivity index is 3.73. The highest BCUT2D eigenvalue weighted by Gasteiger charge is 2.06. The molecular weight excluding hydrogens is 218 g/mol. The highest BCUT2D eigenvalue weighted by atomic mass is 16.3. The van der Waals surface area contributed by atoms with E-state index in [1.54, 1.807) is 0 Å². The fourth-order valence-electron chi connectivity index (χ4n) is 1.88. The molecule has 0 radical (unpaired) electrons. The van der Waals surface area contributed by atoms with Crippen LogP contribution in [0.1, 0.15) is 6.42 Å². The zero-order valence-corrected chi connectivity index (χ0v) is 10.9. The van der Waals surface area contributed by atoms with Gasteiger partial charge in [0.1, 0.15) is 0 Å². The van der Waals surface area contributed by atoms with E-state index >= 15 is 0 Å². The molecule has 0 saturated heterocycles. The van der Waals surface area contributed by atoms with Gasteiger partial charge in [-0.2, -0.15) is 0 Å². The first-order valence-electron chi connectivity index (χ1n) is 6.44. The maximum Gasteiger partial charge on any atom is 0.0558 e. The molecule has 0 aromatic rings. The van der Waals surface area contributed by atoms with Gasteiger partial charge in [-0.15, -0.1) is 0 Å². The summed E-state index contributed by atoms with van der Waals surface area (Å²) in [6.07, 6.45) is 1.06. The van der Waals surface area contributed by atoms with Gasteiger partial charge in [-0.1, -0.05) is 0 Å². The lowest BCUT2D eigenvalue weighted by molar-refractivity contribution is 0.187. The summed E-state index contributed by atoms with van der Waals surface area (Å²) in [5.74, 6) is 0. The van der Waals surface area contributed by atoms with E-state index in [4.69, 9.17) is 22.3 Å². The molecule has 0 fully saturated rings. The van der Waals surface area contributed by atoms with Gasteiger partial charge in [0.2, 0.25) is 0 Å². The average Bonchev–Trinajstić information content (AvgIpc) is 2.30. The Morgan fingerprint density at radius 2 is 1.06 bits per heavy atom. The van der Waals surface area contributed by atoms with Crippen molar-refractivity contribution < 1.29 is 5.11 Å². The van der Waals surface area contributed by atoms with Crippen LogP contribution in [-0.4, -0.2) is 80.4 Å². The second kappa shape index (κ2) is 12.2. The zero-order chi connectivity index (χ0) is 12.9. The van der Waals surface area contributed by atoms with E-state index in [2.05, 4.69) is 9.80 Å². The monoisotopic (exact) mass is 247 g/mol. The number of aliphatic hydroxyl groups is 1. The molecule has 104 valence electrons. The van der Waals surface area contributed by atoms with Crippen molar-refractivity contribution in [2.75, 3.05) is 65.5 Å². The van der Waals surface area contributed by atoms with E-state index in [1.165, 1.54) is 0 Å². The van der Waals surface area contributed by atoms with Crippen LogP contribution < -0.4 is 17.2 Å². The summed E-state index contributed by atoms with van der Waals surface area (Å²) in [7, 11) is 0. The Bertz CT molecular complexity index is 131. The van der Waals surface area contributed by atoms with Gasteiger partial charge in [0.15, 0.2) is 0 Å². The molecule has 0 spiro atoms. The van der Waals surface area contributed by atoms with E-state index in [1.807, 2.05) is 0 Å². The number of hydrogen-bond acceptors (Lipinski definition) is 6. The van der Waals surface area contributed by atoms with Crippen LogP contribution in [0.2, 0.25) is 0 Å². The van der Waals surface area contributed by atoms with Crippen LogP contribution in [0, 0.1) is 0 Å². The van der Waals surface area contributed by atoms with Crippen LogP contribution in [0.25, 0.3) is 0 Å². The smallest absolute Gasteiger partial charge is 0.0558 e. The SMILES string of the molecule is NCCN(CCN)CCCN(CCN)CCO. The van der Waals surface area contributed by atoms with Gasteiger partial charge in [-0.3, -0.25) is 4.90 Å². The van der Waals surface area contributed by atoms with Crippen LogP contribution in [0.15, 0.2) is 0 Å². The molecule has 0 aliphatic carbocycles. The van der Waals surface area contributed by atoms with Crippen molar-refractivity contribution in [3.63, 3.8) is 0 Å². The highest BCUT2D eigenvalue weighted by Crippen LogP contribution is 1.94. The largest absolute Gasteiger partial charge is 0.395 e. The molecule has 0 aliphatic rings. The first-order chi connectivity index (χ1) is 8.28.